The van der Waals surface area contributed by atoms with E-state index in [0.717, 1.165) is 6.20 Å². The Morgan fingerprint density at radius 3 is 2.38 bits per heavy atom. The maximum absolute atomic E-state index is 12.9. The van der Waals surface area contributed by atoms with Gasteiger partial charge in [0, 0.05) is 33.2 Å². The van der Waals surface area contributed by atoms with E-state index in [0.29, 0.717) is 12.1 Å². The van der Waals surface area contributed by atoms with Crippen LogP contribution in [-0.4, -0.2) is 74.2 Å². The van der Waals surface area contributed by atoms with Crippen molar-refractivity contribution in [1.82, 2.24) is 28.8 Å². The lowest BCUT2D eigenvalue weighted by molar-refractivity contribution is -0.385. The van der Waals surface area contributed by atoms with E-state index in [-0.39, 0.29) is 42.7 Å². The number of carbonyl (C=O) groups excluding carboxylic acids is 1. The van der Waals surface area contributed by atoms with Crippen molar-refractivity contribution in [2.75, 3.05) is 26.2 Å². The van der Waals surface area contributed by atoms with Gasteiger partial charge in [-0.15, -0.1) is 0 Å². The summed E-state index contributed by atoms with van der Waals surface area (Å²) < 4.78 is 29.9. The molecule has 29 heavy (non-hydrogen) atoms. The van der Waals surface area contributed by atoms with Gasteiger partial charge in [-0.2, -0.15) is 14.5 Å². The molecule has 1 aliphatic heterocycles. The van der Waals surface area contributed by atoms with Crippen LogP contribution in [-0.2, 0) is 21.9 Å². The standard InChI is InChI=1S/C16H23N7O5S/c1-4-14(22-11-13(9-18-22)23(25)26)16(24)20-5-7-21(8-6-20)29(27,28)15-10-17-19(3)12(15)2/h9-11,14H,4-8H2,1-3H3. The van der Waals surface area contributed by atoms with Gasteiger partial charge in [0.05, 0.1) is 16.8 Å². The van der Waals surface area contributed by atoms with E-state index in [4.69, 9.17) is 0 Å². The molecule has 13 heteroatoms. The van der Waals surface area contributed by atoms with Crippen molar-refractivity contribution in [2.24, 2.45) is 7.05 Å². The van der Waals surface area contributed by atoms with Crippen LogP contribution in [0.3, 0.4) is 0 Å². The van der Waals surface area contributed by atoms with E-state index < -0.39 is 21.0 Å². The van der Waals surface area contributed by atoms with Crippen LogP contribution < -0.4 is 0 Å². The zero-order valence-electron chi connectivity index (χ0n) is 16.4. The molecule has 3 heterocycles. The van der Waals surface area contributed by atoms with Gasteiger partial charge in [-0.05, 0) is 13.3 Å². The van der Waals surface area contributed by atoms with E-state index in [1.165, 1.54) is 26.1 Å². The summed E-state index contributed by atoms with van der Waals surface area (Å²) in [5.74, 6) is -0.236. The highest BCUT2D eigenvalue weighted by molar-refractivity contribution is 7.89. The zero-order chi connectivity index (χ0) is 21.3. The third kappa shape index (κ3) is 3.87. The van der Waals surface area contributed by atoms with E-state index in [1.807, 2.05) is 0 Å². The number of piperazine rings is 1. The molecule has 1 atom stereocenters. The van der Waals surface area contributed by atoms with Crippen LogP contribution in [0.15, 0.2) is 23.5 Å². The number of rotatable bonds is 6. The monoisotopic (exact) mass is 425 g/mol. The SMILES string of the molecule is CCC(C(=O)N1CCN(S(=O)(=O)c2cnn(C)c2C)CC1)n1cc([N+](=O)[O-])cn1. The Morgan fingerprint density at radius 1 is 1.24 bits per heavy atom. The Labute approximate surface area is 167 Å². The molecule has 12 nitrogen and oxygen atoms in total. The average molecular weight is 425 g/mol. The molecular weight excluding hydrogens is 402 g/mol. The molecule has 0 saturated carbocycles. The fraction of sp³-hybridized carbons (Fsp3) is 0.562. The van der Waals surface area contributed by atoms with Crippen LogP contribution in [0.1, 0.15) is 25.1 Å². The molecule has 1 unspecified atom stereocenters. The van der Waals surface area contributed by atoms with Gasteiger partial charge in [-0.25, -0.2) is 8.42 Å². The average Bonchev–Trinajstić information content (AvgIpc) is 3.30. The highest BCUT2D eigenvalue weighted by Crippen LogP contribution is 2.23. The first-order chi connectivity index (χ1) is 13.7. The first-order valence-electron chi connectivity index (χ1n) is 9.13. The lowest BCUT2D eigenvalue weighted by Crippen LogP contribution is -2.52. The number of sulfonamides is 1. The van der Waals surface area contributed by atoms with Gasteiger partial charge in [0.2, 0.25) is 15.9 Å². The molecule has 158 valence electrons. The maximum atomic E-state index is 12.9. The molecule has 0 spiro atoms. The zero-order valence-corrected chi connectivity index (χ0v) is 17.2. The molecule has 2 aromatic rings. The number of hydrogen-bond acceptors (Lipinski definition) is 7. The largest absolute Gasteiger partial charge is 0.338 e. The Morgan fingerprint density at radius 2 is 1.90 bits per heavy atom. The summed E-state index contributed by atoms with van der Waals surface area (Å²) in [6, 6.07) is -0.674. The number of aromatic nitrogens is 4. The molecule has 0 aliphatic carbocycles. The fourth-order valence-electron chi connectivity index (χ4n) is 3.30. The van der Waals surface area contributed by atoms with Crippen molar-refractivity contribution >= 4 is 21.6 Å². The maximum Gasteiger partial charge on any atom is 0.307 e. The van der Waals surface area contributed by atoms with Crippen LogP contribution in [0, 0.1) is 17.0 Å². The Balaban J connectivity index is 1.69. The van der Waals surface area contributed by atoms with Gasteiger partial charge < -0.3 is 4.90 Å². The Bertz CT molecular complexity index is 1020. The summed E-state index contributed by atoms with van der Waals surface area (Å²) in [6.45, 7) is 4.28. The molecule has 0 aromatic carbocycles. The minimum absolute atomic E-state index is 0.162. The first kappa shape index (κ1) is 20.9. The van der Waals surface area contributed by atoms with E-state index in [2.05, 4.69) is 10.2 Å². The summed E-state index contributed by atoms with van der Waals surface area (Å²) in [5.41, 5.74) is 0.369. The lowest BCUT2D eigenvalue weighted by atomic mass is 10.2. The summed E-state index contributed by atoms with van der Waals surface area (Å²) in [5, 5.41) is 18.8. The molecule has 0 radical (unpaired) electrons. The Hall–Kier alpha value is -2.80. The molecule has 1 aliphatic rings. The second kappa shape index (κ2) is 7.91. The van der Waals surface area contributed by atoms with Crippen molar-refractivity contribution in [3.05, 3.63) is 34.4 Å². The highest BCUT2D eigenvalue weighted by atomic mass is 32.2. The molecule has 1 saturated heterocycles. The highest BCUT2D eigenvalue weighted by Gasteiger charge is 2.34. The van der Waals surface area contributed by atoms with Gasteiger partial charge in [-0.3, -0.25) is 24.3 Å². The summed E-state index contributed by atoms with van der Waals surface area (Å²) in [6.07, 6.45) is 4.08. The molecule has 0 bridgehead atoms. The van der Waals surface area contributed by atoms with Gasteiger partial charge in [0.25, 0.3) is 0 Å². The van der Waals surface area contributed by atoms with Crippen LogP contribution >= 0.6 is 0 Å². The van der Waals surface area contributed by atoms with Crippen molar-refractivity contribution in [1.29, 1.82) is 0 Å². The minimum Gasteiger partial charge on any atom is -0.338 e. The van der Waals surface area contributed by atoms with Gasteiger partial charge in [0.1, 0.15) is 23.3 Å². The molecular formula is C16H23N7O5S. The quantitative estimate of drug-likeness (QED) is 0.480. The number of amides is 1. The van der Waals surface area contributed by atoms with Crippen molar-refractivity contribution < 1.29 is 18.1 Å². The van der Waals surface area contributed by atoms with Gasteiger partial charge in [0.15, 0.2) is 0 Å². The predicted molar refractivity (Wildman–Crippen MR) is 101 cm³/mol. The van der Waals surface area contributed by atoms with E-state index >= 15 is 0 Å². The molecule has 1 fully saturated rings. The van der Waals surface area contributed by atoms with Crippen molar-refractivity contribution in [3.63, 3.8) is 0 Å². The lowest BCUT2D eigenvalue weighted by Gasteiger charge is -2.35. The topological polar surface area (TPSA) is 136 Å². The van der Waals surface area contributed by atoms with Crippen LogP contribution in [0.4, 0.5) is 5.69 Å². The van der Waals surface area contributed by atoms with Crippen LogP contribution in [0.2, 0.25) is 0 Å². The van der Waals surface area contributed by atoms with Crippen molar-refractivity contribution in [2.45, 2.75) is 31.2 Å². The van der Waals surface area contributed by atoms with Crippen LogP contribution in [0.25, 0.3) is 0 Å². The van der Waals surface area contributed by atoms with Gasteiger partial charge >= 0.3 is 5.69 Å². The molecule has 2 aromatic heterocycles. The predicted octanol–water partition coefficient (Wildman–Crippen LogP) is 0.317. The van der Waals surface area contributed by atoms with Crippen molar-refractivity contribution in [3.8, 4) is 0 Å². The number of hydrogen-bond donors (Lipinski definition) is 0. The normalized spacial score (nSPS) is 16.7. The second-order valence-electron chi connectivity index (χ2n) is 6.81. The second-order valence-corrected chi connectivity index (χ2v) is 8.71. The number of nitro groups is 1. The van der Waals surface area contributed by atoms with Gasteiger partial charge in [-0.1, -0.05) is 6.92 Å². The summed E-state index contributed by atoms with van der Waals surface area (Å²) in [7, 11) is -2.01. The fourth-order valence-corrected chi connectivity index (χ4v) is 4.91. The summed E-state index contributed by atoms with van der Waals surface area (Å²) >= 11 is 0. The third-order valence-corrected chi connectivity index (χ3v) is 7.15. The van der Waals surface area contributed by atoms with E-state index in [1.54, 1.807) is 25.8 Å². The van der Waals surface area contributed by atoms with E-state index in [9.17, 15) is 23.3 Å². The third-order valence-electron chi connectivity index (χ3n) is 5.15. The van der Waals surface area contributed by atoms with Crippen LogP contribution in [0.5, 0.6) is 0 Å². The Kier molecular flexibility index (Phi) is 5.71. The number of aryl methyl sites for hydroxylation is 1. The molecule has 0 N–H and O–H groups in total. The number of carbonyl (C=O) groups is 1. The first-order valence-corrected chi connectivity index (χ1v) is 10.6. The number of nitrogens with zero attached hydrogens (tertiary/aromatic N) is 7. The minimum atomic E-state index is -3.69. The molecule has 1 amide bonds. The molecule has 3 rings (SSSR count). The summed E-state index contributed by atoms with van der Waals surface area (Å²) in [4.78, 5) is 24.9. The smallest absolute Gasteiger partial charge is 0.307 e.